The third-order valence-electron chi connectivity index (χ3n) is 10.2. The summed E-state index contributed by atoms with van der Waals surface area (Å²) in [4.78, 5) is 12.8. The van der Waals surface area contributed by atoms with Crippen LogP contribution >= 0.6 is 0 Å². The molecule has 0 spiro atoms. The first-order valence-electron chi connectivity index (χ1n) is 22.7. The van der Waals surface area contributed by atoms with E-state index < -0.39 is 59.8 Å². The summed E-state index contributed by atoms with van der Waals surface area (Å²) in [5.74, 6) is -0.411. The molecule has 0 aromatic rings. The van der Waals surface area contributed by atoms with Gasteiger partial charge in [0.05, 0.1) is 19.8 Å². The van der Waals surface area contributed by atoms with Crippen LogP contribution < -0.4 is 0 Å². The zero-order chi connectivity index (χ0) is 42.5. The number of hydrogen-bond acceptors (Lipinski definition) is 11. The molecule has 1 aliphatic rings. The van der Waals surface area contributed by atoms with E-state index in [0.717, 1.165) is 64.2 Å². The number of allylic oxidation sites excluding steroid dienone is 6. The molecule has 0 aliphatic carbocycles. The molecule has 0 amide bonds. The van der Waals surface area contributed by atoms with Gasteiger partial charge >= 0.3 is 16.4 Å². The van der Waals surface area contributed by atoms with Gasteiger partial charge in [0.1, 0.15) is 30.5 Å². The van der Waals surface area contributed by atoms with Crippen LogP contribution in [0.2, 0.25) is 0 Å². The molecular weight excluding hydrogens is 765 g/mol. The molecule has 0 radical (unpaired) electrons. The maximum Gasteiger partial charge on any atom is 0.397 e. The van der Waals surface area contributed by atoms with Crippen molar-refractivity contribution >= 4 is 16.4 Å². The molecule has 58 heavy (non-hydrogen) atoms. The molecule has 0 aromatic heterocycles. The number of hydrogen-bond donors (Lipinski definition) is 4. The number of aliphatic hydroxyl groups excluding tert-OH is 3. The SMILES string of the molecule is CCCC/C=C\CCCCCCCC(=O)OC(COCCCCCCCCCCCC/C=C\C/C=C\CCCCC)COC1OC(CO)C(O)C(OS(=O)(=O)O)C1O. The van der Waals surface area contributed by atoms with Crippen molar-refractivity contribution in [2.75, 3.05) is 26.4 Å². The first kappa shape index (κ1) is 54.3. The smallest absolute Gasteiger partial charge is 0.397 e. The first-order chi connectivity index (χ1) is 28.1. The molecule has 340 valence electrons. The fourth-order valence-corrected chi connectivity index (χ4v) is 7.25. The van der Waals surface area contributed by atoms with E-state index in [1.54, 1.807) is 0 Å². The monoisotopic (exact) mass is 847 g/mol. The average Bonchev–Trinajstić information content (AvgIpc) is 3.19. The van der Waals surface area contributed by atoms with E-state index in [2.05, 4.69) is 54.5 Å². The Labute approximate surface area is 352 Å². The highest BCUT2D eigenvalue weighted by molar-refractivity contribution is 7.80. The number of ether oxygens (including phenoxy) is 4. The lowest BCUT2D eigenvalue weighted by Crippen LogP contribution is -2.60. The highest BCUT2D eigenvalue weighted by Gasteiger charge is 2.48. The van der Waals surface area contributed by atoms with Gasteiger partial charge in [0.2, 0.25) is 0 Å². The number of rotatable bonds is 39. The van der Waals surface area contributed by atoms with Crippen LogP contribution in [0.3, 0.4) is 0 Å². The molecule has 1 rings (SSSR count). The average molecular weight is 847 g/mol. The van der Waals surface area contributed by atoms with Crippen LogP contribution in [-0.2, 0) is 38.3 Å². The van der Waals surface area contributed by atoms with E-state index in [0.29, 0.717) is 13.0 Å². The van der Waals surface area contributed by atoms with E-state index in [1.807, 2.05) is 0 Å². The molecule has 1 fully saturated rings. The largest absolute Gasteiger partial charge is 0.457 e. The molecule has 12 nitrogen and oxygen atoms in total. The molecule has 6 unspecified atom stereocenters. The number of unbranched alkanes of at least 4 members (excludes halogenated alkanes) is 20. The predicted molar refractivity (Wildman–Crippen MR) is 230 cm³/mol. The van der Waals surface area contributed by atoms with Gasteiger partial charge in [-0.05, 0) is 64.2 Å². The van der Waals surface area contributed by atoms with Crippen LogP contribution in [0.5, 0.6) is 0 Å². The number of aliphatic hydroxyl groups is 3. The van der Waals surface area contributed by atoms with Crippen LogP contribution in [0, 0.1) is 0 Å². The van der Waals surface area contributed by atoms with Crippen molar-refractivity contribution in [2.45, 2.75) is 218 Å². The fraction of sp³-hybridized carbons (Fsp3) is 0.844. The molecule has 1 aliphatic heterocycles. The Hall–Kier alpha value is -1.68. The summed E-state index contributed by atoms with van der Waals surface area (Å²) in [7, 11) is -5.06. The summed E-state index contributed by atoms with van der Waals surface area (Å²) in [5, 5.41) is 30.6. The van der Waals surface area contributed by atoms with Crippen molar-refractivity contribution in [3.8, 4) is 0 Å². The van der Waals surface area contributed by atoms with E-state index in [-0.39, 0.29) is 19.6 Å². The summed E-state index contributed by atoms with van der Waals surface area (Å²) >= 11 is 0. The van der Waals surface area contributed by atoms with Crippen molar-refractivity contribution < 1.29 is 56.2 Å². The van der Waals surface area contributed by atoms with Gasteiger partial charge in [-0.2, -0.15) is 8.42 Å². The highest BCUT2D eigenvalue weighted by atomic mass is 32.3. The third-order valence-corrected chi connectivity index (χ3v) is 10.7. The van der Waals surface area contributed by atoms with Gasteiger partial charge in [-0.3, -0.25) is 9.35 Å². The second-order valence-corrected chi connectivity index (χ2v) is 16.7. The normalized spacial score (nSPS) is 20.8. The van der Waals surface area contributed by atoms with Crippen molar-refractivity contribution in [2.24, 2.45) is 0 Å². The Morgan fingerprint density at radius 1 is 0.655 bits per heavy atom. The summed E-state index contributed by atoms with van der Waals surface area (Å²) in [5.41, 5.74) is 0. The minimum absolute atomic E-state index is 0.0310. The first-order valence-corrected chi connectivity index (χ1v) is 24.1. The zero-order valence-corrected chi connectivity index (χ0v) is 36.9. The summed E-state index contributed by atoms with van der Waals surface area (Å²) in [6.45, 7) is 3.90. The van der Waals surface area contributed by atoms with E-state index in [4.69, 9.17) is 23.5 Å². The summed E-state index contributed by atoms with van der Waals surface area (Å²) in [6.07, 6.45) is 33.3. The van der Waals surface area contributed by atoms with Crippen LogP contribution in [0.25, 0.3) is 0 Å². The Kier molecular flexibility index (Phi) is 34.8. The zero-order valence-electron chi connectivity index (χ0n) is 36.1. The molecule has 1 heterocycles. The minimum Gasteiger partial charge on any atom is -0.457 e. The fourth-order valence-electron chi connectivity index (χ4n) is 6.74. The summed E-state index contributed by atoms with van der Waals surface area (Å²) < 4.78 is 59.0. The molecule has 6 atom stereocenters. The van der Waals surface area contributed by atoms with Crippen LogP contribution in [0.4, 0.5) is 0 Å². The Bertz CT molecular complexity index is 1160. The van der Waals surface area contributed by atoms with E-state index in [9.17, 15) is 28.5 Å². The van der Waals surface area contributed by atoms with Gasteiger partial charge in [0.25, 0.3) is 0 Å². The molecule has 0 aromatic carbocycles. The lowest BCUT2D eigenvalue weighted by Gasteiger charge is -2.41. The molecule has 13 heteroatoms. The molecular formula is C45H82O12S. The van der Waals surface area contributed by atoms with Crippen molar-refractivity contribution in [3.63, 3.8) is 0 Å². The Balaban J connectivity index is 2.39. The second kappa shape index (κ2) is 37.1. The van der Waals surface area contributed by atoms with Gasteiger partial charge in [-0.15, -0.1) is 0 Å². The van der Waals surface area contributed by atoms with Crippen molar-refractivity contribution in [1.82, 2.24) is 0 Å². The Morgan fingerprint density at radius 3 is 1.71 bits per heavy atom. The number of esters is 1. The quantitative estimate of drug-likeness (QED) is 0.0200. The standard InChI is InChI=1S/C45H82O12S/c1-3-5-7-9-11-13-15-16-17-18-19-20-21-22-23-25-27-29-31-33-35-53-37-39(55-41(47)34-32-30-28-26-24-14-12-10-8-6-4-2)38-54-45-43(49)44(57-58(50,51)52)42(48)40(36-46)56-45/h10-13,16-17,39-40,42-46,48-49H,3-9,14-15,18-38H2,1-2H3,(H,50,51,52)/b12-10-,13-11-,17-16-. The van der Waals surface area contributed by atoms with Gasteiger partial charge in [0.15, 0.2) is 6.29 Å². The maximum absolute atomic E-state index is 12.8. The second-order valence-electron chi connectivity index (χ2n) is 15.6. The predicted octanol–water partition coefficient (Wildman–Crippen LogP) is 9.41. The highest BCUT2D eigenvalue weighted by Crippen LogP contribution is 2.26. The molecule has 1 saturated heterocycles. The topological polar surface area (TPSA) is 178 Å². The molecule has 0 bridgehead atoms. The van der Waals surface area contributed by atoms with E-state index >= 15 is 0 Å². The van der Waals surface area contributed by atoms with Crippen molar-refractivity contribution in [1.29, 1.82) is 0 Å². The lowest BCUT2D eigenvalue weighted by atomic mass is 9.99. The lowest BCUT2D eigenvalue weighted by molar-refractivity contribution is -0.301. The van der Waals surface area contributed by atoms with Crippen LogP contribution in [0.15, 0.2) is 36.5 Å². The van der Waals surface area contributed by atoms with Crippen LogP contribution in [0.1, 0.15) is 181 Å². The summed E-state index contributed by atoms with van der Waals surface area (Å²) in [6, 6.07) is 0. The minimum atomic E-state index is -5.06. The van der Waals surface area contributed by atoms with Crippen molar-refractivity contribution in [3.05, 3.63) is 36.5 Å². The molecule has 4 N–H and O–H groups in total. The Morgan fingerprint density at radius 2 is 1.16 bits per heavy atom. The third kappa shape index (κ3) is 30.4. The number of carbonyl (C=O) groups is 1. The molecule has 0 saturated carbocycles. The van der Waals surface area contributed by atoms with Gasteiger partial charge in [0, 0.05) is 13.0 Å². The maximum atomic E-state index is 12.8. The number of carbonyl (C=O) groups excluding carboxylic acids is 1. The van der Waals surface area contributed by atoms with E-state index in [1.165, 1.54) is 89.9 Å². The van der Waals surface area contributed by atoms with Crippen LogP contribution in [-0.4, -0.2) is 97.5 Å². The van der Waals surface area contributed by atoms with Gasteiger partial charge < -0.3 is 34.3 Å². The van der Waals surface area contributed by atoms with Gasteiger partial charge in [-0.1, -0.05) is 147 Å². The van der Waals surface area contributed by atoms with Gasteiger partial charge in [-0.25, -0.2) is 4.18 Å².